The van der Waals surface area contributed by atoms with Crippen LogP contribution in [0.5, 0.6) is 0 Å². The average Bonchev–Trinajstić information content (AvgIpc) is 2.95. The maximum absolute atomic E-state index is 13.2. The van der Waals surface area contributed by atoms with E-state index in [0.717, 1.165) is 0 Å². The van der Waals surface area contributed by atoms with E-state index in [4.69, 9.17) is 5.14 Å². The molecule has 1 heterocycles. The molecule has 0 atom stereocenters. The number of hydrogen-bond acceptors (Lipinski definition) is 4. The summed E-state index contributed by atoms with van der Waals surface area (Å²) in [7, 11) is -3.87. The first kappa shape index (κ1) is 20.0. The maximum atomic E-state index is 13.2. The minimum atomic E-state index is -3.87. The summed E-state index contributed by atoms with van der Waals surface area (Å²) in [5.74, 6) is -0.582. The molecule has 0 aliphatic rings. The highest BCUT2D eigenvalue weighted by molar-refractivity contribution is 7.89. The van der Waals surface area contributed by atoms with E-state index < -0.39 is 27.9 Å². The van der Waals surface area contributed by atoms with Crippen LogP contribution in [0.3, 0.4) is 0 Å². The van der Waals surface area contributed by atoms with Crippen molar-refractivity contribution in [2.75, 3.05) is 0 Å². The van der Waals surface area contributed by atoms with Crippen molar-refractivity contribution in [3.8, 4) is 0 Å². The Labute approximate surface area is 150 Å². The van der Waals surface area contributed by atoms with Gasteiger partial charge in [0.15, 0.2) is 5.69 Å². The molecule has 2 aromatic rings. The smallest absolute Gasteiger partial charge is 0.272 e. The molecule has 0 saturated carbocycles. The molecule has 10 heteroatoms. The molecule has 0 radical (unpaired) electrons. The summed E-state index contributed by atoms with van der Waals surface area (Å²) in [5, 5.41) is 11.5. The van der Waals surface area contributed by atoms with Gasteiger partial charge >= 0.3 is 0 Å². The first-order chi connectivity index (χ1) is 12.1. The van der Waals surface area contributed by atoms with Crippen LogP contribution < -0.4 is 10.5 Å². The number of primary sulfonamides is 1. The van der Waals surface area contributed by atoms with Crippen molar-refractivity contribution in [3.63, 3.8) is 0 Å². The van der Waals surface area contributed by atoms with E-state index in [1.807, 2.05) is 13.8 Å². The third kappa shape index (κ3) is 5.09. The average molecular weight is 386 g/mol. The van der Waals surface area contributed by atoms with Gasteiger partial charge in [-0.15, -0.1) is 0 Å². The minimum Gasteiger partial charge on any atom is -0.347 e. The van der Waals surface area contributed by atoms with Crippen molar-refractivity contribution >= 4 is 15.9 Å². The highest BCUT2D eigenvalue weighted by Gasteiger charge is 2.23. The second kappa shape index (κ2) is 7.92. The zero-order chi connectivity index (χ0) is 19.5. The molecular weight excluding hydrogens is 366 g/mol. The molecule has 0 spiro atoms. The number of rotatable bonds is 7. The van der Waals surface area contributed by atoms with Crippen molar-refractivity contribution in [3.05, 3.63) is 47.3 Å². The number of nitrogens with zero attached hydrogens (tertiary/aromatic N) is 2. The normalized spacial score (nSPS) is 12.0. The van der Waals surface area contributed by atoms with E-state index in [0.29, 0.717) is 12.1 Å². The number of sulfonamides is 1. The van der Waals surface area contributed by atoms with Crippen LogP contribution in [-0.4, -0.2) is 24.1 Å². The lowest BCUT2D eigenvalue weighted by atomic mass is 10.2. The van der Waals surface area contributed by atoms with Gasteiger partial charge in [-0.1, -0.05) is 26.0 Å². The fourth-order valence-corrected chi connectivity index (χ4v) is 2.92. The van der Waals surface area contributed by atoms with Crippen LogP contribution in [0.15, 0.2) is 35.4 Å². The number of amides is 1. The van der Waals surface area contributed by atoms with Gasteiger partial charge in [-0.25, -0.2) is 22.3 Å². The second-order valence-electron chi connectivity index (χ2n) is 6.22. The fraction of sp³-hybridized carbons (Fsp3) is 0.375. The van der Waals surface area contributed by atoms with E-state index in [-0.39, 0.29) is 23.1 Å². The van der Waals surface area contributed by atoms with Gasteiger partial charge in [0.1, 0.15) is 0 Å². The molecular formula is C16H20F2N4O3S. The van der Waals surface area contributed by atoms with E-state index >= 15 is 0 Å². The Morgan fingerprint density at radius 2 is 2.04 bits per heavy atom. The van der Waals surface area contributed by atoms with Gasteiger partial charge in [0.2, 0.25) is 10.0 Å². The Bertz CT molecular complexity index is 895. The third-order valence-corrected chi connectivity index (χ3v) is 4.38. The lowest BCUT2D eigenvalue weighted by molar-refractivity contribution is 0.0931. The molecule has 0 bridgehead atoms. The Balaban J connectivity index is 2.16. The van der Waals surface area contributed by atoms with Gasteiger partial charge in [-0.2, -0.15) is 5.10 Å². The van der Waals surface area contributed by atoms with E-state index in [1.54, 1.807) is 6.07 Å². The van der Waals surface area contributed by atoms with Crippen molar-refractivity contribution < 1.29 is 22.0 Å². The molecule has 3 N–H and O–H groups in total. The van der Waals surface area contributed by atoms with Gasteiger partial charge in [0, 0.05) is 19.3 Å². The van der Waals surface area contributed by atoms with Gasteiger partial charge in [0.25, 0.3) is 12.3 Å². The van der Waals surface area contributed by atoms with E-state index in [1.165, 1.54) is 29.1 Å². The first-order valence-corrected chi connectivity index (χ1v) is 9.38. The van der Waals surface area contributed by atoms with Crippen LogP contribution in [0, 0.1) is 5.92 Å². The standard InChI is InChI=1S/C16H20F2N4O3S/c1-10(2)8-22-9-13(15(17)18)14(21-22)16(23)20-7-11-4-3-5-12(6-11)26(19,24)25/h3-6,9-10,15H,7-8H2,1-2H3,(H,20,23)(H2,19,24,25). The molecule has 2 rings (SSSR count). The van der Waals surface area contributed by atoms with Crippen molar-refractivity contribution in [2.24, 2.45) is 11.1 Å². The van der Waals surface area contributed by atoms with Crippen LogP contribution in [0.4, 0.5) is 8.78 Å². The molecule has 1 aromatic carbocycles. The molecule has 0 saturated heterocycles. The number of nitrogens with one attached hydrogen (secondary N) is 1. The topological polar surface area (TPSA) is 107 Å². The van der Waals surface area contributed by atoms with Crippen LogP contribution >= 0.6 is 0 Å². The summed E-state index contributed by atoms with van der Waals surface area (Å²) in [6.45, 7) is 4.16. The summed E-state index contributed by atoms with van der Waals surface area (Å²) < 4.78 is 50.4. The summed E-state index contributed by atoms with van der Waals surface area (Å²) in [6.07, 6.45) is -1.66. The van der Waals surface area contributed by atoms with E-state index in [2.05, 4.69) is 10.4 Å². The van der Waals surface area contributed by atoms with Crippen LogP contribution in [0.2, 0.25) is 0 Å². The summed E-state index contributed by atoms with van der Waals surface area (Å²) in [6, 6.07) is 5.69. The summed E-state index contributed by atoms with van der Waals surface area (Å²) in [4.78, 5) is 12.2. The Kier molecular flexibility index (Phi) is 6.09. The molecule has 0 fully saturated rings. The Hall–Kier alpha value is -2.33. The Morgan fingerprint density at radius 1 is 1.35 bits per heavy atom. The number of carbonyl (C=O) groups excluding carboxylic acids is 1. The number of nitrogens with two attached hydrogens (primary N) is 1. The van der Waals surface area contributed by atoms with Gasteiger partial charge in [-0.05, 0) is 23.6 Å². The summed E-state index contributed by atoms with van der Waals surface area (Å²) in [5.41, 5.74) is -0.324. The molecule has 7 nitrogen and oxygen atoms in total. The highest BCUT2D eigenvalue weighted by Crippen LogP contribution is 2.22. The lowest BCUT2D eigenvalue weighted by Gasteiger charge is -2.07. The molecule has 26 heavy (non-hydrogen) atoms. The largest absolute Gasteiger partial charge is 0.347 e. The monoisotopic (exact) mass is 386 g/mol. The van der Waals surface area contributed by atoms with Gasteiger partial charge in [0.05, 0.1) is 10.5 Å². The first-order valence-electron chi connectivity index (χ1n) is 7.83. The number of hydrogen-bond donors (Lipinski definition) is 2. The molecule has 1 amide bonds. The predicted octanol–water partition coefficient (Wildman–Crippen LogP) is 2.05. The number of benzene rings is 1. The number of alkyl halides is 2. The summed E-state index contributed by atoms with van der Waals surface area (Å²) >= 11 is 0. The van der Waals surface area contributed by atoms with Gasteiger partial charge < -0.3 is 5.32 Å². The minimum absolute atomic E-state index is 0.0537. The molecule has 0 aliphatic heterocycles. The molecule has 0 aliphatic carbocycles. The quantitative estimate of drug-likeness (QED) is 0.759. The van der Waals surface area contributed by atoms with Crippen LogP contribution in [0.1, 0.15) is 41.9 Å². The van der Waals surface area contributed by atoms with Crippen LogP contribution in [0.25, 0.3) is 0 Å². The van der Waals surface area contributed by atoms with Crippen LogP contribution in [-0.2, 0) is 23.1 Å². The number of aromatic nitrogens is 2. The second-order valence-corrected chi connectivity index (χ2v) is 7.79. The zero-order valence-electron chi connectivity index (χ0n) is 14.3. The van der Waals surface area contributed by atoms with Crippen molar-refractivity contribution in [1.82, 2.24) is 15.1 Å². The molecule has 0 unspecified atom stereocenters. The fourth-order valence-electron chi connectivity index (χ4n) is 2.34. The third-order valence-electron chi connectivity index (χ3n) is 3.47. The predicted molar refractivity (Wildman–Crippen MR) is 91.0 cm³/mol. The molecule has 1 aromatic heterocycles. The maximum Gasteiger partial charge on any atom is 0.272 e. The Morgan fingerprint density at radius 3 is 2.62 bits per heavy atom. The van der Waals surface area contributed by atoms with Crippen molar-refractivity contribution in [2.45, 2.75) is 38.3 Å². The SMILES string of the molecule is CC(C)Cn1cc(C(F)F)c(C(=O)NCc2cccc(S(N)(=O)=O)c2)n1. The van der Waals surface area contributed by atoms with E-state index in [9.17, 15) is 22.0 Å². The number of carbonyl (C=O) groups is 1. The van der Waals surface area contributed by atoms with Gasteiger partial charge in [-0.3, -0.25) is 9.48 Å². The number of halogens is 2. The zero-order valence-corrected chi connectivity index (χ0v) is 15.1. The molecule has 142 valence electrons. The highest BCUT2D eigenvalue weighted by atomic mass is 32.2. The van der Waals surface area contributed by atoms with Crippen molar-refractivity contribution in [1.29, 1.82) is 0 Å². The lowest BCUT2D eigenvalue weighted by Crippen LogP contribution is -2.25.